The summed E-state index contributed by atoms with van der Waals surface area (Å²) in [5.41, 5.74) is 2.69. The highest BCUT2D eigenvalue weighted by Gasteiger charge is 2.15. The third-order valence-corrected chi connectivity index (χ3v) is 6.82. The highest BCUT2D eigenvalue weighted by molar-refractivity contribution is 7.99. The van der Waals surface area contributed by atoms with Crippen molar-refractivity contribution >= 4 is 33.6 Å². The van der Waals surface area contributed by atoms with E-state index in [1.165, 1.54) is 14.2 Å². The molecule has 6 heteroatoms. The number of hydrogen-bond acceptors (Lipinski definition) is 5. The molecule has 3 aromatic carbocycles. The van der Waals surface area contributed by atoms with E-state index in [4.69, 9.17) is 9.47 Å². The van der Waals surface area contributed by atoms with Crippen molar-refractivity contribution in [2.75, 3.05) is 20.0 Å². The highest BCUT2D eigenvalue weighted by Crippen LogP contribution is 2.38. The van der Waals surface area contributed by atoms with Crippen molar-refractivity contribution in [3.63, 3.8) is 0 Å². The SMILES string of the molecule is COc1cc(Cn2c3ccccc3c(=O)c3ccc(SCCC(C)C)cc32)cc(OC)c1O. The van der Waals surface area contributed by atoms with Crippen LogP contribution < -0.4 is 14.9 Å². The number of hydrogen-bond donors (Lipinski definition) is 1. The molecule has 33 heavy (non-hydrogen) atoms. The summed E-state index contributed by atoms with van der Waals surface area (Å²) in [5.74, 6) is 2.36. The zero-order valence-electron chi connectivity index (χ0n) is 19.4. The fourth-order valence-electron chi connectivity index (χ4n) is 4.00. The third-order valence-electron chi connectivity index (χ3n) is 5.79. The van der Waals surface area contributed by atoms with Gasteiger partial charge in [0.25, 0.3) is 0 Å². The molecule has 0 aliphatic heterocycles. The Morgan fingerprint density at radius 1 is 0.939 bits per heavy atom. The summed E-state index contributed by atoms with van der Waals surface area (Å²) < 4.78 is 12.9. The molecule has 1 aromatic heterocycles. The van der Waals surface area contributed by atoms with Crippen molar-refractivity contribution in [2.24, 2.45) is 5.92 Å². The standard InChI is InChI=1S/C27H29NO4S/c1-17(2)11-12-33-19-9-10-21-23(15-19)28(22-8-6-5-7-20(22)26(21)29)16-18-13-24(31-3)27(30)25(14-18)32-4/h5-10,13-15,17,30H,11-12,16H2,1-4H3. The molecule has 0 fully saturated rings. The van der Waals surface area contributed by atoms with Crippen LogP contribution in [0.25, 0.3) is 21.8 Å². The quantitative estimate of drug-likeness (QED) is 0.254. The van der Waals surface area contributed by atoms with Gasteiger partial charge in [0.1, 0.15) is 0 Å². The Labute approximate surface area is 198 Å². The van der Waals surface area contributed by atoms with E-state index in [0.717, 1.165) is 33.7 Å². The highest BCUT2D eigenvalue weighted by atomic mass is 32.2. The van der Waals surface area contributed by atoms with Crippen molar-refractivity contribution in [1.29, 1.82) is 0 Å². The molecule has 172 valence electrons. The minimum Gasteiger partial charge on any atom is -0.502 e. The molecule has 0 amide bonds. The molecular formula is C27H29NO4S. The van der Waals surface area contributed by atoms with Gasteiger partial charge in [0, 0.05) is 22.2 Å². The van der Waals surface area contributed by atoms with Gasteiger partial charge in [-0.25, -0.2) is 0 Å². The van der Waals surface area contributed by atoms with E-state index in [1.54, 1.807) is 12.1 Å². The van der Waals surface area contributed by atoms with E-state index in [2.05, 4.69) is 24.5 Å². The van der Waals surface area contributed by atoms with Crippen LogP contribution in [0.2, 0.25) is 0 Å². The average molecular weight is 464 g/mol. The number of ether oxygens (including phenoxy) is 2. The van der Waals surface area contributed by atoms with Crippen molar-refractivity contribution in [3.05, 3.63) is 70.4 Å². The summed E-state index contributed by atoms with van der Waals surface area (Å²) >= 11 is 1.82. The molecule has 0 bridgehead atoms. The Kier molecular flexibility index (Phi) is 6.84. The summed E-state index contributed by atoms with van der Waals surface area (Å²) in [5, 5.41) is 11.7. The number of benzene rings is 3. The van der Waals surface area contributed by atoms with Crippen molar-refractivity contribution in [2.45, 2.75) is 31.7 Å². The van der Waals surface area contributed by atoms with Crippen LogP contribution in [0.3, 0.4) is 0 Å². The van der Waals surface area contributed by atoms with Crippen LogP contribution in [-0.4, -0.2) is 29.6 Å². The lowest BCUT2D eigenvalue weighted by molar-refractivity contribution is 0.339. The molecule has 4 rings (SSSR count). The third kappa shape index (κ3) is 4.67. The van der Waals surface area contributed by atoms with Gasteiger partial charge in [0.05, 0.1) is 25.3 Å². The lowest BCUT2D eigenvalue weighted by Crippen LogP contribution is -2.12. The van der Waals surface area contributed by atoms with E-state index in [9.17, 15) is 9.90 Å². The van der Waals surface area contributed by atoms with Crippen LogP contribution in [0.15, 0.2) is 64.3 Å². The first-order valence-electron chi connectivity index (χ1n) is 11.0. The molecule has 0 aliphatic rings. The summed E-state index contributed by atoms with van der Waals surface area (Å²) in [6, 6.07) is 17.4. The number of aromatic hydroxyl groups is 1. The largest absolute Gasteiger partial charge is 0.502 e. The number of para-hydroxylation sites is 1. The summed E-state index contributed by atoms with van der Waals surface area (Å²) in [7, 11) is 3.03. The number of aromatic nitrogens is 1. The molecule has 1 heterocycles. The first-order valence-corrected chi connectivity index (χ1v) is 12.0. The molecule has 0 atom stereocenters. The van der Waals surface area contributed by atoms with Crippen LogP contribution in [0.4, 0.5) is 0 Å². The van der Waals surface area contributed by atoms with E-state index in [-0.39, 0.29) is 11.2 Å². The lowest BCUT2D eigenvalue weighted by atomic mass is 10.1. The molecule has 4 aromatic rings. The maximum Gasteiger partial charge on any atom is 0.200 e. The molecule has 0 saturated heterocycles. The summed E-state index contributed by atoms with van der Waals surface area (Å²) in [6.45, 7) is 4.94. The Morgan fingerprint density at radius 2 is 1.61 bits per heavy atom. The summed E-state index contributed by atoms with van der Waals surface area (Å²) in [6.07, 6.45) is 1.14. The van der Waals surface area contributed by atoms with Crippen LogP contribution in [0.5, 0.6) is 17.2 Å². The minimum atomic E-state index is -0.0257. The normalized spacial score (nSPS) is 11.4. The Bertz CT molecular complexity index is 1330. The maximum absolute atomic E-state index is 13.3. The van der Waals surface area contributed by atoms with Gasteiger partial charge in [-0.1, -0.05) is 26.0 Å². The number of phenolic OH excluding ortho intramolecular Hbond substituents is 1. The monoisotopic (exact) mass is 463 g/mol. The number of phenols is 1. The fourth-order valence-corrected chi connectivity index (χ4v) is 5.18. The molecule has 0 unspecified atom stereocenters. The molecule has 0 aliphatic carbocycles. The van der Waals surface area contributed by atoms with Gasteiger partial charge >= 0.3 is 0 Å². The molecule has 5 nitrogen and oxygen atoms in total. The predicted molar refractivity (Wildman–Crippen MR) is 136 cm³/mol. The van der Waals surface area contributed by atoms with Crippen molar-refractivity contribution < 1.29 is 14.6 Å². The van der Waals surface area contributed by atoms with E-state index in [1.807, 2.05) is 48.2 Å². The van der Waals surface area contributed by atoms with Gasteiger partial charge in [-0.15, -0.1) is 11.8 Å². The average Bonchev–Trinajstić information content (AvgIpc) is 2.82. The number of rotatable bonds is 8. The maximum atomic E-state index is 13.3. The van der Waals surface area contributed by atoms with Gasteiger partial charge in [-0.05, 0) is 66.1 Å². The number of methoxy groups -OCH3 is 2. The van der Waals surface area contributed by atoms with Gasteiger partial charge in [0.2, 0.25) is 5.75 Å². The van der Waals surface area contributed by atoms with Gasteiger partial charge in [0.15, 0.2) is 16.9 Å². The zero-order chi connectivity index (χ0) is 23.5. The van der Waals surface area contributed by atoms with Crippen LogP contribution in [0, 0.1) is 5.92 Å². The first kappa shape index (κ1) is 23.1. The lowest BCUT2D eigenvalue weighted by Gasteiger charge is -2.18. The van der Waals surface area contributed by atoms with E-state index in [0.29, 0.717) is 34.7 Å². The Balaban J connectivity index is 1.89. The van der Waals surface area contributed by atoms with Crippen LogP contribution in [0.1, 0.15) is 25.8 Å². The van der Waals surface area contributed by atoms with Crippen LogP contribution in [-0.2, 0) is 6.54 Å². The van der Waals surface area contributed by atoms with E-state index >= 15 is 0 Å². The second-order valence-electron chi connectivity index (χ2n) is 8.49. The molecule has 0 radical (unpaired) electrons. The topological polar surface area (TPSA) is 60.7 Å². The predicted octanol–water partition coefficient (Wildman–Crippen LogP) is 6.06. The van der Waals surface area contributed by atoms with Crippen molar-refractivity contribution in [1.82, 2.24) is 4.57 Å². The molecular weight excluding hydrogens is 434 g/mol. The van der Waals surface area contributed by atoms with Gasteiger partial charge < -0.3 is 19.1 Å². The fraction of sp³-hybridized carbons (Fsp3) is 0.296. The van der Waals surface area contributed by atoms with Gasteiger partial charge in [-0.2, -0.15) is 0 Å². The second kappa shape index (κ2) is 9.79. The summed E-state index contributed by atoms with van der Waals surface area (Å²) in [4.78, 5) is 14.4. The second-order valence-corrected chi connectivity index (χ2v) is 9.66. The molecule has 1 N–H and O–H groups in total. The van der Waals surface area contributed by atoms with Crippen LogP contribution >= 0.6 is 11.8 Å². The molecule has 0 spiro atoms. The van der Waals surface area contributed by atoms with Gasteiger partial charge in [-0.3, -0.25) is 4.79 Å². The number of fused-ring (bicyclic) bond motifs is 2. The number of nitrogens with zero attached hydrogens (tertiary/aromatic N) is 1. The van der Waals surface area contributed by atoms with Crippen molar-refractivity contribution in [3.8, 4) is 17.2 Å². The van der Waals surface area contributed by atoms with E-state index < -0.39 is 0 Å². The Morgan fingerprint density at radius 3 is 2.27 bits per heavy atom. The smallest absolute Gasteiger partial charge is 0.200 e. The Hall–Kier alpha value is -3.12. The zero-order valence-corrected chi connectivity index (χ0v) is 20.2. The number of thioether (sulfide) groups is 1. The number of pyridine rings is 1. The molecule has 0 saturated carbocycles. The minimum absolute atomic E-state index is 0.0257. The first-order chi connectivity index (χ1) is 15.9.